The molecule has 0 saturated carbocycles. The molecule has 0 aromatic heterocycles. The second kappa shape index (κ2) is 5.72. The van der Waals surface area contributed by atoms with E-state index < -0.39 is 0 Å². The van der Waals surface area contributed by atoms with Crippen molar-refractivity contribution in [2.45, 2.75) is 38.9 Å². The molecule has 0 aliphatic carbocycles. The predicted molar refractivity (Wildman–Crippen MR) is 74.6 cm³/mol. The van der Waals surface area contributed by atoms with Crippen molar-refractivity contribution in [1.82, 2.24) is 4.90 Å². The predicted octanol–water partition coefficient (Wildman–Crippen LogP) is 2.25. The number of benzene rings is 1. The minimum Gasteiger partial charge on any atom is -0.497 e. The Morgan fingerprint density at radius 3 is 2.56 bits per heavy atom. The van der Waals surface area contributed by atoms with Crippen LogP contribution in [0.25, 0.3) is 0 Å². The molecule has 0 radical (unpaired) electrons. The number of methoxy groups -OCH3 is 1. The van der Waals surface area contributed by atoms with Crippen LogP contribution in [0.1, 0.15) is 25.8 Å². The van der Waals surface area contributed by atoms with Crippen molar-refractivity contribution < 1.29 is 4.74 Å². The molecule has 1 aromatic rings. The van der Waals surface area contributed by atoms with Crippen molar-refractivity contribution in [3.63, 3.8) is 0 Å². The van der Waals surface area contributed by atoms with E-state index in [-0.39, 0.29) is 0 Å². The molecule has 2 N–H and O–H groups in total. The fourth-order valence-corrected chi connectivity index (χ4v) is 2.66. The van der Waals surface area contributed by atoms with Crippen molar-refractivity contribution in [2.75, 3.05) is 13.7 Å². The second-order valence-electron chi connectivity index (χ2n) is 5.37. The van der Waals surface area contributed by atoms with E-state index in [0.29, 0.717) is 18.0 Å². The molecule has 100 valence electrons. The largest absolute Gasteiger partial charge is 0.497 e. The lowest BCUT2D eigenvalue weighted by Gasteiger charge is -2.41. The van der Waals surface area contributed by atoms with Crippen LogP contribution in [0.2, 0.25) is 0 Å². The molecule has 1 saturated heterocycles. The minimum atomic E-state index is 0.354. The van der Waals surface area contributed by atoms with Crippen molar-refractivity contribution in [2.24, 2.45) is 11.7 Å². The highest BCUT2D eigenvalue weighted by Crippen LogP contribution is 2.24. The fourth-order valence-electron chi connectivity index (χ4n) is 2.66. The van der Waals surface area contributed by atoms with Crippen LogP contribution in [0.3, 0.4) is 0 Å². The van der Waals surface area contributed by atoms with Gasteiger partial charge in [0, 0.05) is 25.2 Å². The molecule has 3 unspecified atom stereocenters. The van der Waals surface area contributed by atoms with Gasteiger partial charge in [0.1, 0.15) is 5.75 Å². The molecule has 1 aromatic carbocycles. The number of nitrogens with zero attached hydrogens (tertiary/aromatic N) is 1. The zero-order chi connectivity index (χ0) is 13.1. The molecule has 1 aliphatic heterocycles. The Labute approximate surface area is 110 Å². The first-order valence-electron chi connectivity index (χ1n) is 6.74. The molecule has 0 amide bonds. The van der Waals surface area contributed by atoms with Gasteiger partial charge in [-0.25, -0.2) is 0 Å². The number of hydrogen-bond acceptors (Lipinski definition) is 3. The Hall–Kier alpha value is -1.06. The first-order chi connectivity index (χ1) is 8.61. The van der Waals surface area contributed by atoms with Crippen LogP contribution < -0.4 is 10.5 Å². The van der Waals surface area contributed by atoms with E-state index in [1.807, 2.05) is 12.1 Å². The van der Waals surface area contributed by atoms with E-state index in [4.69, 9.17) is 10.5 Å². The lowest BCUT2D eigenvalue weighted by atomic mass is 9.87. The summed E-state index contributed by atoms with van der Waals surface area (Å²) < 4.78 is 5.18. The standard InChI is InChI=1S/C15H24N2O/c1-11-12(2)17(9-8-15(11)16)10-13-4-6-14(18-3)7-5-13/h4-7,11-12,15H,8-10,16H2,1-3H3. The molecule has 0 spiro atoms. The minimum absolute atomic E-state index is 0.354. The Balaban J connectivity index is 2.00. The van der Waals surface area contributed by atoms with Crippen molar-refractivity contribution in [3.05, 3.63) is 29.8 Å². The Morgan fingerprint density at radius 1 is 1.28 bits per heavy atom. The maximum absolute atomic E-state index is 6.12. The summed E-state index contributed by atoms with van der Waals surface area (Å²) >= 11 is 0. The molecule has 3 nitrogen and oxygen atoms in total. The summed E-state index contributed by atoms with van der Waals surface area (Å²) in [5.41, 5.74) is 7.46. The van der Waals surface area contributed by atoms with Crippen molar-refractivity contribution >= 4 is 0 Å². The van der Waals surface area contributed by atoms with Gasteiger partial charge >= 0.3 is 0 Å². The first-order valence-corrected chi connectivity index (χ1v) is 6.74. The molecule has 2 rings (SSSR count). The summed E-state index contributed by atoms with van der Waals surface area (Å²) in [6, 6.07) is 9.25. The van der Waals surface area contributed by atoms with Gasteiger partial charge in [0.25, 0.3) is 0 Å². The molecular formula is C15H24N2O. The molecule has 3 atom stereocenters. The number of nitrogens with two attached hydrogens (primary N) is 1. The van der Waals surface area contributed by atoms with Gasteiger partial charge in [0.15, 0.2) is 0 Å². The molecular weight excluding hydrogens is 224 g/mol. The Kier molecular flexibility index (Phi) is 4.25. The third-order valence-corrected chi connectivity index (χ3v) is 4.31. The van der Waals surface area contributed by atoms with E-state index in [1.54, 1.807) is 7.11 Å². The average molecular weight is 248 g/mol. The number of rotatable bonds is 3. The highest BCUT2D eigenvalue weighted by Gasteiger charge is 2.29. The Morgan fingerprint density at radius 2 is 1.94 bits per heavy atom. The fraction of sp³-hybridized carbons (Fsp3) is 0.600. The molecule has 18 heavy (non-hydrogen) atoms. The highest BCUT2D eigenvalue weighted by molar-refractivity contribution is 5.27. The van der Waals surface area contributed by atoms with Gasteiger partial charge in [0.05, 0.1) is 7.11 Å². The molecule has 1 aliphatic rings. The summed E-state index contributed by atoms with van der Waals surface area (Å²) in [4.78, 5) is 2.52. The number of hydrogen-bond donors (Lipinski definition) is 1. The van der Waals surface area contributed by atoms with E-state index in [2.05, 4.69) is 30.9 Å². The third kappa shape index (κ3) is 2.85. The summed E-state index contributed by atoms with van der Waals surface area (Å²) in [5, 5.41) is 0. The van der Waals surface area contributed by atoms with Crippen LogP contribution >= 0.6 is 0 Å². The quantitative estimate of drug-likeness (QED) is 0.891. The molecule has 1 fully saturated rings. The smallest absolute Gasteiger partial charge is 0.118 e. The third-order valence-electron chi connectivity index (χ3n) is 4.31. The number of likely N-dealkylation sites (tertiary alicyclic amines) is 1. The monoisotopic (exact) mass is 248 g/mol. The van der Waals surface area contributed by atoms with Gasteiger partial charge in [-0.3, -0.25) is 4.90 Å². The summed E-state index contributed by atoms with van der Waals surface area (Å²) in [6.45, 7) is 6.64. The van der Waals surface area contributed by atoms with Gasteiger partial charge in [0.2, 0.25) is 0 Å². The zero-order valence-corrected chi connectivity index (χ0v) is 11.6. The van der Waals surface area contributed by atoms with E-state index in [9.17, 15) is 0 Å². The van der Waals surface area contributed by atoms with Gasteiger partial charge in [-0.1, -0.05) is 19.1 Å². The van der Waals surface area contributed by atoms with Crippen LogP contribution in [-0.4, -0.2) is 30.6 Å². The highest BCUT2D eigenvalue weighted by atomic mass is 16.5. The molecule has 1 heterocycles. The van der Waals surface area contributed by atoms with Crippen LogP contribution in [0.15, 0.2) is 24.3 Å². The first kappa shape index (κ1) is 13.4. The maximum atomic E-state index is 6.12. The van der Waals surface area contributed by atoms with Crippen LogP contribution in [-0.2, 0) is 6.54 Å². The number of piperidine rings is 1. The van der Waals surface area contributed by atoms with Crippen molar-refractivity contribution in [3.8, 4) is 5.75 Å². The lowest BCUT2D eigenvalue weighted by molar-refractivity contribution is 0.0910. The van der Waals surface area contributed by atoms with Gasteiger partial charge in [-0.2, -0.15) is 0 Å². The van der Waals surface area contributed by atoms with E-state index in [1.165, 1.54) is 5.56 Å². The van der Waals surface area contributed by atoms with Crippen LogP contribution in [0.4, 0.5) is 0 Å². The number of ether oxygens (including phenoxy) is 1. The lowest BCUT2D eigenvalue weighted by Crippen LogP contribution is -2.51. The molecule has 0 bridgehead atoms. The van der Waals surface area contributed by atoms with Crippen molar-refractivity contribution in [1.29, 1.82) is 0 Å². The summed E-state index contributed by atoms with van der Waals surface area (Å²) in [7, 11) is 1.70. The topological polar surface area (TPSA) is 38.5 Å². The van der Waals surface area contributed by atoms with Gasteiger partial charge in [-0.05, 0) is 37.0 Å². The van der Waals surface area contributed by atoms with Crippen LogP contribution in [0.5, 0.6) is 5.75 Å². The summed E-state index contributed by atoms with van der Waals surface area (Å²) in [6.07, 6.45) is 1.10. The molecule has 3 heteroatoms. The van der Waals surface area contributed by atoms with E-state index in [0.717, 1.165) is 25.3 Å². The van der Waals surface area contributed by atoms with Gasteiger partial charge < -0.3 is 10.5 Å². The maximum Gasteiger partial charge on any atom is 0.118 e. The Bertz CT molecular complexity index is 377. The normalized spacial score (nSPS) is 29.2. The SMILES string of the molecule is COc1ccc(CN2CCC(N)C(C)C2C)cc1. The second-order valence-corrected chi connectivity index (χ2v) is 5.37. The van der Waals surface area contributed by atoms with E-state index >= 15 is 0 Å². The van der Waals surface area contributed by atoms with Gasteiger partial charge in [-0.15, -0.1) is 0 Å². The summed E-state index contributed by atoms with van der Waals surface area (Å²) in [5.74, 6) is 1.48. The average Bonchev–Trinajstić information content (AvgIpc) is 2.40. The zero-order valence-electron chi connectivity index (χ0n) is 11.6. The van der Waals surface area contributed by atoms with Crippen LogP contribution in [0, 0.1) is 5.92 Å².